The van der Waals surface area contributed by atoms with Gasteiger partial charge in [0.1, 0.15) is 5.82 Å². The van der Waals surface area contributed by atoms with Crippen molar-refractivity contribution in [2.45, 2.75) is 19.8 Å². The van der Waals surface area contributed by atoms with E-state index in [-0.39, 0.29) is 22.5 Å². The van der Waals surface area contributed by atoms with Crippen molar-refractivity contribution >= 4 is 34.0 Å². The van der Waals surface area contributed by atoms with Crippen molar-refractivity contribution in [1.29, 1.82) is 0 Å². The van der Waals surface area contributed by atoms with Crippen molar-refractivity contribution < 1.29 is 4.79 Å². The molecule has 27 heavy (non-hydrogen) atoms. The van der Waals surface area contributed by atoms with Gasteiger partial charge in [-0.05, 0) is 0 Å². The van der Waals surface area contributed by atoms with Crippen LogP contribution in [0, 0.1) is 0 Å². The van der Waals surface area contributed by atoms with E-state index in [2.05, 4.69) is 21.5 Å². The molecule has 7 heteroatoms. The summed E-state index contributed by atoms with van der Waals surface area (Å²) in [4.78, 5) is 27.9. The second kappa shape index (κ2) is 8.41. The first kappa shape index (κ1) is 19.2. The fraction of sp³-hybridized carbons (Fsp3) is 0.200. The van der Waals surface area contributed by atoms with Gasteiger partial charge in [-0.3, -0.25) is 9.69 Å². The van der Waals surface area contributed by atoms with Crippen LogP contribution in [0.1, 0.15) is 36.1 Å². The summed E-state index contributed by atoms with van der Waals surface area (Å²) in [6.07, 6.45) is 3.13. The second-order valence-electron chi connectivity index (χ2n) is 6.17. The Kier molecular flexibility index (Phi) is 5.98. The summed E-state index contributed by atoms with van der Waals surface area (Å²) in [5.41, 5.74) is 1.98. The number of carbonyl (C=O) groups is 1. The fourth-order valence-electron chi connectivity index (χ4n) is 2.44. The molecule has 0 spiro atoms. The van der Waals surface area contributed by atoms with Crippen molar-refractivity contribution in [1.82, 2.24) is 15.0 Å². The molecule has 0 bridgehead atoms. The molecule has 5 nitrogen and oxygen atoms in total. The lowest BCUT2D eigenvalue weighted by Gasteiger charge is -2.18. The van der Waals surface area contributed by atoms with Gasteiger partial charge in [-0.25, -0.2) is 15.0 Å². The molecular weight excluding hydrogens is 380 g/mol. The van der Waals surface area contributed by atoms with Gasteiger partial charge in [0.25, 0.3) is 5.91 Å². The lowest BCUT2D eigenvalue weighted by Crippen LogP contribution is -2.32. The van der Waals surface area contributed by atoms with Gasteiger partial charge in [-0.2, -0.15) is 0 Å². The molecule has 0 aliphatic rings. The van der Waals surface area contributed by atoms with E-state index in [1.807, 2.05) is 49.6 Å². The van der Waals surface area contributed by atoms with Gasteiger partial charge < -0.3 is 0 Å². The second-order valence-corrected chi connectivity index (χ2v) is 7.41. The van der Waals surface area contributed by atoms with E-state index in [0.717, 1.165) is 11.3 Å². The van der Waals surface area contributed by atoms with E-state index in [9.17, 15) is 4.79 Å². The molecule has 0 saturated heterocycles. The summed E-state index contributed by atoms with van der Waals surface area (Å²) in [5, 5.41) is 2.72. The molecule has 0 radical (unpaired) electrons. The van der Waals surface area contributed by atoms with Crippen LogP contribution in [0.5, 0.6) is 0 Å². The lowest BCUT2D eigenvalue weighted by atomic mass is 10.2. The molecule has 3 aromatic rings. The molecule has 1 amide bonds. The number of amides is 1. The number of anilines is 1. The first-order chi connectivity index (χ1) is 13.0. The Morgan fingerprint density at radius 2 is 2.04 bits per heavy atom. The van der Waals surface area contributed by atoms with Crippen LogP contribution in [0.15, 0.2) is 54.6 Å². The van der Waals surface area contributed by atoms with Crippen LogP contribution in [-0.4, -0.2) is 27.4 Å². The van der Waals surface area contributed by atoms with E-state index in [4.69, 9.17) is 11.6 Å². The summed E-state index contributed by atoms with van der Waals surface area (Å²) >= 11 is 7.60. The molecule has 0 aliphatic heterocycles. The summed E-state index contributed by atoms with van der Waals surface area (Å²) in [7, 11) is 0. The number of hydrogen-bond donors (Lipinski definition) is 0. The highest BCUT2D eigenvalue weighted by Gasteiger charge is 2.24. The number of halogens is 1. The molecule has 0 N–H and O–H groups in total. The first-order valence-electron chi connectivity index (χ1n) is 8.47. The van der Waals surface area contributed by atoms with Crippen molar-refractivity contribution in [3.63, 3.8) is 0 Å². The minimum atomic E-state index is -0.321. The van der Waals surface area contributed by atoms with Crippen LogP contribution >= 0.6 is 22.9 Å². The molecule has 0 unspecified atom stereocenters. The van der Waals surface area contributed by atoms with Crippen LogP contribution in [0.3, 0.4) is 0 Å². The van der Waals surface area contributed by atoms with Crippen molar-refractivity contribution in [2.75, 3.05) is 11.4 Å². The monoisotopic (exact) mass is 398 g/mol. The van der Waals surface area contributed by atoms with E-state index in [1.54, 1.807) is 6.08 Å². The highest BCUT2D eigenvalue weighted by molar-refractivity contribution is 7.14. The standard InChI is InChI=1S/C20H19ClN4OS/c1-4-10-25(19(26)17-15(21)11-22-18(24-17)13(2)3)20-23-16(12-27-20)14-8-6-5-7-9-14/h4-9,11-13H,1,10H2,2-3H3. The summed E-state index contributed by atoms with van der Waals surface area (Å²) in [5.74, 6) is 0.342. The zero-order chi connectivity index (χ0) is 19.4. The first-order valence-corrected chi connectivity index (χ1v) is 9.73. The zero-order valence-corrected chi connectivity index (χ0v) is 16.7. The normalized spacial score (nSPS) is 10.8. The predicted molar refractivity (Wildman–Crippen MR) is 111 cm³/mol. The average molecular weight is 399 g/mol. The molecule has 138 valence electrons. The molecule has 0 fully saturated rings. The highest BCUT2D eigenvalue weighted by Crippen LogP contribution is 2.29. The fourth-order valence-corrected chi connectivity index (χ4v) is 3.46. The number of hydrogen-bond acceptors (Lipinski definition) is 5. The minimum absolute atomic E-state index is 0.0891. The molecule has 0 atom stereocenters. The molecule has 2 heterocycles. The van der Waals surface area contributed by atoms with Crippen molar-refractivity contribution in [2.24, 2.45) is 0 Å². The SMILES string of the molecule is C=CCN(C(=O)c1nc(C(C)C)ncc1Cl)c1nc(-c2ccccc2)cs1. The third kappa shape index (κ3) is 4.23. The number of carbonyl (C=O) groups excluding carboxylic acids is 1. The quantitative estimate of drug-likeness (QED) is 0.535. The van der Waals surface area contributed by atoms with Crippen LogP contribution in [0.25, 0.3) is 11.3 Å². The van der Waals surface area contributed by atoms with Crippen LogP contribution in [-0.2, 0) is 0 Å². The van der Waals surface area contributed by atoms with E-state index < -0.39 is 0 Å². The Hall–Kier alpha value is -2.57. The third-order valence-corrected chi connectivity index (χ3v) is 4.97. The topological polar surface area (TPSA) is 59.0 Å². The molecule has 0 saturated carbocycles. The summed E-state index contributed by atoms with van der Waals surface area (Å²) < 4.78 is 0. The van der Waals surface area contributed by atoms with Gasteiger partial charge in [0.05, 0.1) is 16.9 Å². The van der Waals surface area contributed by atoms with Crippen molar-refractivity contribution in [3.05, 3.63) is 71.1 Å². The summed E-state index contributed by atoms with van der Waals surface area (Å²) in [6.45, 7) is 7.98. The molecular formula is C20H19ClN4OS. The predicted octanol–water partition coefficient (Wildman–Crippen LogP) is 5.21. The van der Waals surface area contributed by atoms with Crippen LogP contribution in [0.2, 0.25) is 5.02 Å². The van der Waals surface area contributed by atoms with Gasteiger partial charge in [0, 0.05) is 23.4 Å². The average Bonchev–Trinajstić information content (AvgIpc) is 3.16. The van der Waals surface area contributed by atoms with Gasteiger partial charge in [0.15, 0.2) is 10.8 Å². The van der Waals surface area contributed by atoms with Crippen molar-refractivity contribution in [3.8, 4) is 11.3 Å². The highest BCUT2D eigenvalue weighted by atomic mass is 35.5. The van der Waals surface area contributed by atoms with Crippen LogP contribution in [0.4, 0.5) is 5.13 Å². The maximum Gasteiger partial charge on any atom is 0.280 e. The van der Waals surface area contributed by atoms with E-state index in [0.29, 0.717) is 17.5 Å². The maximum atomic E-state index is 13.1. The largest absolute Gasteiger partial charge is 0.280 e. The summed E-state index contributed by atoms with van der Waals surface area (Å²) in [6, 6.07) is 9.82. The van der Waals surface area contributed by atoms with Gasteiger partial charge in [-0.15, -0.1) is 17.9 Å². The lowest BCUT2D eigenvalue weighted by molar-refractivity contribution is 0.0984. The number of benzene rings is 1. The maximum absolute atomic E-state index is 13.1. The number of rotatable bonds is 6. The van der Waals surface area contributed by atoms with E-state index >= 15 is 0 Å². The Labute approximate surface area is 167 Å². The minimum Gasteiger partial charge on any atom is -0.279 e. The van der Waals surface area contributed by atoms with Crippen LogP contribution < -0.4 is 4.90 Å². The van der Waals surface area contributed by atoms with Gasteiger partial charge in [-0.1, -0.05) is 61.9 Å². The zero-order valence-electron chi connectivity index (χ0n) is 15.1. The molecule has 1 aromatic carbocycles. The molecule has 3 rings (SSSR count). The number of thiazole rings is 1. The van der Waals surface area contributed by atoms with E-state index in [1.165, 1.54) is 22.4 Å². The number of aromatic nitrogens is 3. The molecule has 2 aromatic heterocycles. The third-order valence-electron chi connectivity index (χ3n) is 3.83. The molecule has 0 aliphatic carbocycles. The Bertz CT molecular complexity index is 956. The van der Waals surface area contributed by atoms with Gasteiger partial charge >= 0.3 is 0 Å². The Balaban J connectivity index is 1.97. The smallest absolute Gasteiger partial charge is 0.279 e. The van der Waals surface area contributed by atoms with Gasteiger partial charge in [0.2, 0.25) is 0 Å². The Morgan fingerprint density at radius 1 is 1.30 bits per heavy atom. The number of nitrogens with zero attached hydrogens (tertiary/aromatic N) is 4. The Morgan fingerprint density at radius 3 is 2.70 bits per heavy atom.